The van der Waals surface area contributed by atoms with Gasteiger partial charge in [-0.05, 0) is 49.0 Å². The third kappa shape index (κ3) is 9.84. The molecule has 0 saturated heterocycles. The maximum atomic E-state index is 12.3. The van der Waals surface area contributed by atoms with Crippen LogP contribution in [0.5, 0.6) is 0 Å². The number of ether oxygens (including phenoxy) is 1. The number of nitrogens with one attached hydrogen (secondary N) is 1. The molecule has 0 aromatic heterocycles. The van der Waals surface area contributed by atoms with Crippen LogP contribution in [-0.4, -0.2) is 42.6 Å². The highest BCUT2D eigenvalue weighted by atomic mass is 35.5. The number of halogens is 2. The van der Waals surface area contributed by atoms with Crippen molar-refractivity contribution in [3.63, 3.8) is 0 Å². The van der Waals surface area contributed by atoms with Gasteiger partial charge in [-0.25, -0.2) is 0 Å². The smallest absolute Gasteiger partial charge is 0.307 e. The lowest BCUT2D eigenvalue weighted by molar-refractivity contribution is -0.168. The molecule has 8 heteroatoms. The van der Waals surface area contributed by atoms with Gasteiger partial charge in [0.25, 0.3) is 0 Å². The van der Waals surface area contributed by atoms with Crippen LogP contribution in [0.1, 0.15) is 37.0 Å². The van der Waals surface area contributed by atoms with Gasteiger partial charge in [-0.15, -0.1) is 0 Å². The molecule has 0 bridgehead atoms. The Morgan fingerprint density at radius 1 is 0.864 bits per heavy atom. The first kappa shape index (κ1) is 34.6. The first-order chi connectivity index (χ1) is 21.1. The summed E-state index contributed by atoms with van der Waals surface area (Å²) in [5.41, 5.74) is 3.46. The van der Waals surface area contributed by atoms with E-state index in [2.05, 4.69) is 55.5 Å². The minimum absolute atomic E-state index is 0.0642. The van der Waals surface area contributed by atoms with Crippen molar-refractivity contribution < 1.29 is 19.4 Å². The number of anilines is 2. The Morgan fingerprint density at radius 2 is 1.43 bits per heavy atom. The number of aliphatic carboxylic acids is 1. The molecule has 0 saturated carbocycles. The topological polar surface area (TPSA) is 78.9 Å². The number of esters is 1. The van der Waals surface area contributed by atoms with E-state index >= 15 is 0 Å². The summed E-state index contributed by atoms with van der Waals surface area (Å²) in [6, 6.07) is 32.8. The van der Waals surface area contributed by atoms with E-state index in [1.807, 2.05) is 49.4 Å². The lowest BCUT2D eigenvalue weighted by atomic mass is 9.77. The van der Waals surface area contributed by atoms with Gasteiger partial charge in [-0.2, -0.15) is 0 Å². The lowest BCUT2D eigenvalue weighted by Gasteiger charge is -2.40. The van der Waals surface area contributed by atoms with E-state index in [-0.39, 0.29) is 18.3 Å². The molecule has 0 aliphatic carbocycles. The van der Waals surface area contributed by atoms with Crippen LogP contribution < -0.4 is 5.32 Å². The van der Waals surface area contributed by atoms with Crippen molar-refractivity contribution in [2.24, 2.45) is 5.92 Å². The predicted octanol–water partition coefficient (Wildman–Crippen LogP) is 8.64. The van der Waals surface area contributed by atoms with Gasteiger partial charge < -0.3 is 20.1 Å². The summed E-state index contributed by atoms with van der Waals surface area (Å²) in [4.78, 5) is 25.3. The maximum Gasteiger partial charge on any atom is 0.307 e. The summed E-state index contributed by atoms with van der Waals surface area (Å²) in [7, 11) is 4.10. The molecule has 2 N–H and O–H groups in total. The summed E-state index contributed by atoms with van der Waals surface area (Å²) in [6.07, 6.45) is 0.974. The molecule has 4 aromatic carbocycles. The van der Waals surface area contributed by atoms with Crippen LogP contribution in [-0.2, 0) is 32.8 Å². The maximum absolute atomic E-state index is 12.3. The third-order valence-corrected chi connectivity index (χ3v) is 7.80. The number of benzene rings is 4. The predicted molar refractivity (Wildman–Crippen MR) is 180 cm³/mol. The van der Waals surface area contributed by atoms with E-state index in [1.165, 1.54) is 5.56 Å². The van der Waals surface area contributed by atoms with Crippen molar-refractivity contribution in [2.45, 2.75) is 38.7 Å². The van der Waals surface area contributed by atoms with Crippen molar-refractivity contribution in [3.05, 3.63) is 130 Å². The van der Waals surface area contributed by atoms with Crippen LogP contribution in [0.2, 0.25) is 10.0 Å². The Morgan fingerprint density at radius 3 is 2.00 bits per heavy atom. The van der Waals surface area contributed by atoms with Crippen LogP contribution in [0.25, 0.3) is 0 Å². The Balaban J connectivity index is 0.000000249. The minimum atomic E-state index is -0.889. The van der Waals surface area contributed by atoms with E-state index in [0.29, 0.717) is 39.8 Å². The Kier molecular flexibility index (Phi) is 13.3. The first-order valence-electron chi connectivity index (χ1n) is 14.5. The summed E-state index contributed by atoms with van der Waals surface area (Å²) in [5, 5.41) is 12.9. The molecule has 44 heavy (non-hydrogen) atoms. The van der Waals surface area contributed by atoms with Crippen molar-refractivity contribution in [2.75, 3.05) is 26.0 Å². The number of carboxylic acid groups (broad SMARTS) is 1. The fraction of sp³-hybridized carbons (Fsp3) is 0.278. The van der Waals surface area contributed by atoms with Crippen LogP contribution in [0.3, 0.4) is 0 Å². The van der Waals surface area contributed by atoms with Crippen molar-refractivity contribution in [3.8, 4) is 0 Å². The van der Waals surface area contributed by atoms with E-state index in [9.17, 15) is 9.59 Å². The van der Waals surface area contributed by atoms with E-state index < -0.39 is 11.6 Å². The number of carbonyl (C=O) groups excluding carboxylic acids is 1. The number of hydrogen-bond donors (Lipinski definition) is 2. The zero-order valence-electron chi connectivity index (χ0n) is 25.6. The Hall–Kier alpha value is -3.84. The SMILES string of the molecule is CCC(=O)O[C@](Cc1ccccc1)(c1ccccc1)[C@H](C)CN(C)C.O=C(O)Cc1ccccc1Nc1c(Cl)cccc1Cl. The molecule has 0 heterocycles. The normalized spacial score (nSPS) is 12.8. The average Bonchev–Trinajstić information content (AvgIpc) is 3.00. The second-order valence-electron chi connectivity index (χ2n) is 10.9. The van der Waals surface area contributed by atoms with Gasteiger partial charge in [-0.3, -0.25) is 9.59 Å². The van der Waals surface area contributed by atoms with Crippen LogP contribution in [0.15, 0.2) is 103 Å². The Labute approximate surface area is 270 Å². The average molecular weight is 636 g/mol. The van der Waals surface area contributed by atoms with Gasteiger partial charge >= 0.3 is 11.9 Å². The molecule has 4 rings (SSSR count). The molecule has 0 spiro atoms. The van der Waals surface area contributed by atoms with Crippen LogP contribution in [0, 0.1) is 5.92 Å². The molecule has 2 atom stereocenters. The highest BCUT2D eigenvalue weighted by molar-refractivity contribution is 6.39. The number of carboxylic acids is 1. The zero-order chi connectivity index (χ0) is 32.1. The summed E-state index contributed by atoms with van der Waals surface area (Å²) >= 11 is 12.1. The molecule has 232 valence electrons. The largest absolute Gasteiger partial charge is 0.481 e. The molecule has 0 aliphatic rings. The molecular weight excluding hydrogens is 595 g/mol. The van der Waals surface area contributed by atoms with E-state index in [4.69, 9.17) is 33.0 Å². The second-order valence-corrected chi connectivity index (χ2v) is 11.7. The third-order valence-electron chi connectivity index (χ3n) is 7.17. The first-order valence-corrected chi connectivity index (χ1v) is 15.3. The fourth-order valence-electron chi connectivity index (χ4n) is 5.06. The number of hydrogen-bond acceptors (Lipinski definition) is 5. The molecular formula is C36H40Cl2N2O4. The number of para-hydroxylation sites is 2. The fourth-order valence-corrected chi connectivity index (χ4v) is 5.55. The molecule has 0 unspecified atom stereocenters. The van der Waals surface area contributed by atoms with Gasteiger partial charge in [0.15, 0.2) is 0 Å². The van der Waals surface area contributed by atoms with Gasteiger partial charge in [0.2, 0.25) is 0 Å². The summed E-state index contributed by atoms with van der Waals surface area (Å²) < 4.78 is 6.17. The van der Waals surface area contributed by atoms with Crippen molar-refractivity contribution in [1.29, 1.82) is 0 Å². The highest BCUT2D eigenvalue weighted by Crippen LogP contribution is 2.38. The lowest BCUT2D eigenvalue weighted by Crippen LogP contribution is -2.44. The quantitative estimate of drug-likeness (QED) is 0.152. The highest BCUT2D eigenvalue weighted by Gasteiger charge is 2.42. The van der Waals surface area contributed by atoms with Crippen molar-refractivity contribution in [1.82, 2.24) is 4.90 Å². The molecule has 0 aliphatic heterocycles. The minimum Gasteiger partial charge on any atom is -0.481 e. The van der Waals surface area contributed by atoms with Crippen LogP contribution >= 0.6 is 23.2 Å². The van der Waals surface area contributed by atoms with Crippen LogP contribution in [0.4, 0.5) is 11.4 Å². The number of carbonyl (C=O) groups is 2. The van der Waals surface area contributed by atoms with Gasteiger partial charge in [0.1, 0.15) is 5.60 Å². The molecule has 4 aromatic rings. The summed E-state index contributed by atoms with van der Waals surface area (Å²) in [6.45, 7) is 4.84. The van der Waals surface area contributed by atoms with Crippen molar-refractivity contribution >= 4 is 46.5 Å². The van der Waals surface area contributed by atoms with Gasteiger partial charge in [-0.1, -0.05) is 122 Å². The number of nitrogens with zero attached hydrogens (tertiary/aromatic N) is 1. The molecule has 0 amide bonds. The summed E-state index contributed by atoms with van der Waals surface area (Å²) in [5.74, 6) is -0.912. The standard InChI is InChI=1S/C22H29NO2.C14H11Cl2NO2/c1-5-21(24)25-22(18(2)17-23(3)4,20-14-10-7-11-15-20)16-19-12-8-6-9-13-19;15-10-5-3-6-11(16)14(10)17-12-7-2-1-4-9(12)8-13(18)19/h6-15,18H,5,16-17H2,1-4H3;1-7,17H,8H2,(H,18,19)/t18-,22+;/m1./s1. The zero-order valence-corrected chi connectivity index (χ0v) is 27.1. The molecule has 0 radical (unpaired) electrons. The van der Waals surface area contributed by atoms with Gasteiger partial charge in [0.05, 0.1) is 22.2 Å². The van der Waals surface area contributed by atoms with Gasteiger partial charge in [0, 0.05) is 31.0 Å². The van der Waals surface area contributed by atoms with E-state index in [0.717, 1.165) is 12.1 Å². The van der Waals surface area contributed by atoms with E-state index in [1.54, 1.807) is 36.4 Å². The molecule has 0 fully saturated rings. The molecule has 6 nitrogen and oxygen atoms in total. The monoisotopic (exact) mass is 634 g/mol. The Bertz CT molecular complexity index is 1480. The number of rotatable bonds is 12. The second kappa shape index (κ2) is 16.9.